The summed E-state index contributed by atoms with van der Waals surface area (Å²) in [6.45, 7) is 0. The van der Waals surface area contributed by atoms with Gasteiger partial charge in [-0.1, -0.05) is 0 Å². The third-order valence-electron chi connectivity index (χ3n) is 2.57. The molecule has 0 saturated heterocycles. The molecule has 1 aromatic carbocycles. The molecule has 0 aliphatic carbocycles. The Balaban J connectivity index is 2.93. The minimum absolute atomic E-state index is 0.00111. The molecule has 16 heavy (non-hydrogen) atoms. The van der Waals surface area contributed by atoms with Gasteiger partial charge in [-0.25, -0.2) is 18.4 Å². The Labute approximate surface area is 92.0 Å². The third kappa shape index (κ3) is 1.44. The van der Waals surface area contributed by atoms with Crippen molar-refractivity contribution < 1.29 is 8.42 Å². The topological polar surface area (TPSA) is 87.1 Å². The minimum atomic E-state index is -3.74. The Morgan fingerprint density at radius 2 is 1.69 bits per heavy atom. The van der Waals surface area contributed by atoms with Gasteiger partial charge in [0, 0.05) is 14.1 Å². The zero-order chi connectivity index (χ0) is 12.1. The summed E-state index contributed by atoms with van der Waals surface area (Å²) in [5, 5.41) is 5.02. The third-order valence-corrected chi connectivity index (χ3v) is 3.48. The number of nitrogens with zero attached hydrogens (tertiary/aromatic N) is 2. The highest BCUT2D eigenvalue weighted by Gasteiger charge is 2.12. The molecule has 0 fully saturated rings. The first kappa shape index (κ1) is 10.9. The van der Waals surface area contributed by atoms with E-state index in [1.165, 1.54) is 21.3 Å². The fourth-order valence-electron chi connectivity index (χ4n) is 1.66. The summed E-state index contributed by atoms with van der Waals surface area (Å²) in [5.41, 5.74) is 1.00. The van der Waals surface area contributed by atoms with Gasteiger partial charge in [0.25, 0.3) is 0 Å². The molecule has 2 N–H and O–H groups in total. The van der Waals surface area contributed by atoms with E-state index in [0.29, 0.717) is 11.0 Å². The SMILES string of the molecule is Cn1c(=O)n(C)c2cc(S(N)(=O)=O)ccc21. The molecule has 0 bridgehead atoms. The monoisotopic (exact) mass is 241 g/mol. The molecule has 7 heteroatoms. The van der Waals surface area contributed by atoms with Crippen molar-refractivity contribution in [3.8, 4) is 0 Å². The van der Waals surface area contributed by atoms with Gasteiger partial charge in [0.1, 0.15) is 0 Å². The van der Waals surface area contributed by atoms with E-state index in [0.717, 1.165) is 0 Å². The summed E-state index contributed by atoms with van der Waals surface area (Å²) < 4.78 is 25.2. The maximum atomic E-state index is 11.6. The fraction of sp³-hybridized carbons (Fsp3) is 0.222. The van der Waals surface area contributed by atoms with Crippen LogP contribution in [0.4, 0.5) is 0 Å². The molecule has 0 atom stereocenters. The van der Waals surface area contributed by atoms with Crippen LogP contribution in [-0.4, -0.2) is 17.6 Å². The van der Waals surface area contributed by atoms with Crippen LogP contribution in [0.15, 0.2) is 27.9 Å². The first-order valence-corrected chi connectivity index (χ1v) is 6.05. The lowest BCUT2D eigenvalue weighted by atomic mass is 10.3. The molecule has 2 rings (SSSR count). The van der Waals surface area contributed by atoms with Crippen molar-refractivity contribution in [3.63, 3.8) is 0 Å². The number of hydrogen-bond donors (Lipinski definition) is 1. The van der Waals surface area contributed by atoms with E-state index in [1.807, 2.05) is 0 Å². The number of benzene rings is 1. The van der Waals surface area contributed by atoms with Crippen LogP contribution in [0.1, 0.15) is 0 Å². The summed E-state index contributed by atoms with van der Waals surface area (Å²) >= 11 is 0. The quantitative estimate of drug-likeness (QED) is 0.731. The standard InChI is InChI=1S/C9H11N3O3S/c1-11-7-4-3-6(16(10,14)15)5-8(7)12(2)9(11)13/h3-5H,1-2H3,(H2,10,14,15). The van der Waals surface area contributed by atoms with Gasteiger partial charge in [-0.2, -0.15) is 0 Å². The Morgan fingerprint density at radius 3 is 2.25 bits per heavy atom. The van der Waals surface area contributed by atoms with Gasteiger partial charge >= 0.3 is 5.69 Å². The lowest BCUT2D eigenvalue weighted by molar-refractivity contribution is 0.598. The molecular formula is C9H11N3O3S. The van der Waals surface area contributed by atoms with Gasteiger partial charge in [0.05, 0.1) is 15.9 Å². The highest BCUT2D eigenvalue weighted by molar-refractivity contribution is 7.89. The van der Waals surface area contributed by atoms with Crippen LogP contribution >= 0.6 is 0 Å². The van der Waals surface area contributed by atoms with E-state index in [2.05, 4.69) is 0 Å². The zero-order valence-corrected chi connectivity index (χ0v) is 9.65. The number of aryl methyl sites for hydroxylation is 2. The second kappa shape index (κ2) is 3.19. The maximum absolute atomic E-state index is 11.6. The molecule has 0 saturated carbocycles. The summed E-state index contributed by atoms with van der Waals surface area (Å²) in [4.78, 5) is 11.6. The second-order valence-corrected chi connectivity index (χ2v) is 5.16. The zero-order valence-electron chi connectivity index (χ0n) is 8.84. The number of primary sulfonamides is 1. The van der Waals surface area contributed by atoms with E-state index in [-0.39, 0.29) is 10.6 Å². The summed E-state index contributed by atoms with van der Waals surface area (Å²) in [7, 11) is -0.532. The van der Waals surface area contributed by atoms with Crippen molar-refractivity contribution in [2.75, 3.05) is 0 Å². The van der Waals surface area contributed by atoms with Crippen LogP contribution in [-0.2, 0) is 24.1 Å². The minimum Gasteiger partial charge on any atom is -0.295 e. The molecule has 0 radical (unpaired) electrons. The Bertz CT molecular complexity index is 724. The van der Waals surface area contributed by atoms with Crippen LogP contribution < -0.4 is 10.8 Å². The van der Waals surface area contributed by atoms with E-state index >= 15 is 0 Å². The first-order chi connectivity index (χ1) is 7.32. The molecule has 86 valence electrons. The highest BCUT2D eigenvalue weighted by atomic mass is 32.2. The summed E-state index contributed by atoms with van der Waals surface area (Å²) in [5.74, 6) is 0. The number of aromatic nitrogens is 2. The normalized spacial score (nSPS) is 12.2. The Morgan fingerprint density at radius 1 is 1.12 bits per heavy atom. The number of hydrogen-bond acceptors (Lipinski definition) is 3. The summed E-state index contributed by atoms with van der Waals surface area (Å²) in [6, 6.07) is 4.35. The molecular weight excluding hydrogens is 230 g/mol. The van der Waals surface area contributed by atoms with E-state index < -0.39 is 10.0 Å². The van der Waals surface area contributed by atoms with E-state index in [4.69, 9.17) is 5.14 Å². The number of nitrogens with two attached hydrogens (primary N) is 1. The van der Waals surface area contributed by atoms with Crippen molar-refractivity contribution in [3.05, 3.63) is 28.7 Å². The van der Waals surface area contributed by atoms with Gasteiger partial charge in [-0.15, -0.1) is 0 Å². The molecule has 1 aromatic heterocycles. The van der Waals surface area contributed by atoms with Crippen LogP contribution in [0.3, 0.4) is 0 Å². The van der Waals surface area contributed by atoms with E-state index in [9.17, 15) is 13.2 Å². The number of fused-ring (bicyclic) bond motifs is 1. The summed E-state index contributed by atoms with van der Waals surface area (Å²) in [6.07, 6.45) is 0. The Hall–Kier alpha value is -1.60. The van der Waals surface area contributed by atoms with Crippen molar-refractivity contribution in [2.24, 2.45) is 19.2 Å². The van der Waals surface area contributed by atoms with Crippen molar-refractivity contribution in [1.82, 2.24) is 9.13 Å². The van der Waals surface area contributed by atoms with Gasteiger partial charge in [0.2, 0.25) is 10.0 Å². The molecule has 0 aliphatic rings. The van der Waals surface area contributed by atoms with E-state index in [1.54, 1.807) is 20.2 Å². The fourth-order valence-corrected chi connectivity index (χ4v) is 2.20. The van der Waals surface area contributed by atoms with Crippen LogP contribution in [0.25, 0.3) is 11.0 Å². The average Bonchev–Trinajstić information content (AvgIpc) is 2.43. The second-order valence-electron chi connectivity index (χ2n) is 3.60. The molecule has 2 aromatic rings. The molecule has 0 unspecified atom stereocenters. The highest BCUT2D eigenvalue weighted by Crippen LogP contribution is 2.16. The van der Waals surface area contributed by atoms with Crippen LogP contribution in [0.2, 0.25) is 0 Å². The van der Waals surface area contributed by atoms with Crippen LogP contribution in [0, 0.1) is 0 Å². The lowest BCUT2D eigenvalue weighted by Crippen LogP contribution is -2.19. The first-order valence-electron chi connectivity index (χ1n) is 4.50. The van der Waals surface area contributed by atoms with Crippen molar-refractivity contribution >= 4 is 21.1 Å². The number of sulfonamides is 1. The number of imidazole rings is 1. The van der Waals surface area contributed by atoms with Crippen molar-refractivity contribution in [2.45, 2.75) is 4.90 Å². The van der Waals surface area contributed by atoms with Gasteiger partial charge in [-0.05, 0) is 18.2 Å². The van der Waals surface area contributed by atoms with Crippen LogP contribution in [0.5, 0.6) is 0 Å². The number of rotatable bonds is 1. The lowest BCUT2D eigenvalue weighted by Gasteiger charge is -1.99. The van der Waals surface area contributed by atoms with Crippen molar-refractivity contribution in [1.29, 1.82) is 0 Å². The molecule has 0 spiro atoms. The predicted molar refractivity (Wildman–Crippen MR) is 59.5 cm³/mol. The van der Waals surface area contributed by atoms with Gasteiger partial charge < -0.3 is 0 Å². The van der Waals surface area contributed by atoms with Gasteiger partial charge in [0.15, 0.2) is 0 Å². The maximum Gasteiger partial charge on any atom is 0.328 e. The largest absolute Gasteiger partial charge is 0.328 e. The van der Waals surface area contributed by atoms with Gasteiger partial charge in [-0.3, -0.25) is 9.13 Å². The molecule has 0 amide bonds. The average molecular weight is 241 g/mol. The smallest absolute Gasteiger partial charge is 0.295 e. The molecule has 1 heterocycles. The predicted octanol–water partition coefficient (Wildman–Crippen LogP) is -0.476. The molecule has 0 aliphatic heterocycles. The molecule has 6 nitrogen and oxygen atoms in total. The Kier molecular flexibility index (Phi) is 2.18.